The van der Waals surface area contributed by atoms with Crippen molar-refractivity contribution in [2.45, 2.75) is 58.6 Å². The zero-order valence-corrected chi connectivity index (χ0v) is 19.3. The van der Waals surface area contributed by atoms with Gasteiger partial charge in [0.25, 0.3) is 5.91 Å². The summed E-state index contributed by atoms with van der Waals surface area (Å²) in [6, 6.07) is 19.1. The van der Waals surface area contributed by atoms with Crippen LogP contribution >= 0.6 is 0 Å². The number of aliphatic hydroxyl groups is 1. The van der Waals surface area contributed by atoms with Crippen LogP contribution in [-0.4, -0.2) is 29.0 Å². The van der Waals surface area contributed by atoms with Crippen molar-refractivity contribution in [2.75, 3.05) is 7.05 Å². The molecule has 0 saturated carbocycles. The molecule has 0 aliphatic carbocycles. The van der Waals surface area contributed by atoms with Crippen LogP contribution in [0.1, 0.15) is 72.4 Å². The number of aryl methyl sites for hydroxylation is 1. The number of hydrogen-bond acceptors (Lipinski definition) is 3. The van der Waals surface area contributed by atoms with E-state index in [1.165, 1.54) is 21.6 Å². The van der Waals surface area contributed by atoms with Crippen LogP contribution in [0.15, 0.2) is 65.1 Å². The molecule has 1 heterocycles. The summed E-state index contributed by atoms with van der Waals surface area (Å²) in [6.45, 7) is 10.5. The third-order valence-corrected chi connectivity index (χ3v) is 5.98. The van der Waals surface area contributed by atoms with Gasteiger partial charge in [0.15, 0.2) is 5.76 Å². The van der Waals surface area contributed by atoms with E-state index in [1.807, 2.05) is 43.3 Å². The number of amides is 1. The minimum atomic E-state index is -0.771. The Labute approximate surface area is 185 Å². The zero-order valence-electron chi connectivity index (χ0n) is 19.3. The van der Waals surface area contributed by atoms with E-state index < -0.39 is 12.1 Å². The number of aliphatic hydroxyl groups excluding tert-OH is 1. The van der Waals surface area contributed by atoms with Crippen molar-refractivity contribution in [1.82, 2.24) is 4.90 Å². The summed E-state index contributed by atoms with van der Waals surface area (Å²) in [5.74, 6) is 0.797. The number of furan rings is 1. The highest BCUT2D eigenvalue weighted by molar-refractivity contribution is 5.91. The molecular formula is C27H33NO3. The van der Waals surface area contributed by atoms with Gasteiger partial charge in [-0.2, -0.15) is 0 Å². The Balaban J connectivity index is 1.74. The minimum Gasteiger partial charge on any atom is -0.456 e. The van der Waals surface area contributed by atoms with E-state index >= 15 is 0 Å². The molecule has 0 unspecified atom stereocenters. The third kappa shape index (κ3) is 5.26. The number of hydrogen-bond donors (Lipinski definition) is 1. The predicted octanol–water partition coefficient (Wildman–Crippen LogP) is 5.67. The molecule has 3 aromatic rings. The van der Waals surface area contributed by atoms with Crippen LogP contribution in [0.3, 0.4) is 0 Å². The van der Waals surface area contributed by atoms with Crippen molar-refractivity contribution in [3.63, 3.8) is 0 Å². The maximum Gasteiger partial charge on any atom is 0.289 e. The number of carbonyl (C=O) groups excluding carboxylic acids is 1. The molecule has 0 radical (unpaired) electrons. The molecule has 4 nitrogen and oxygen atoms in total. The second-order valence-electron chi connectivity index (χ2n) is 9.35. The van der Waals surface area contributed by atoms with Crippen LogP contribution in [0.25, 0.3) is 0 Å². The monoisotopic (exact) mass is 419 g/mol. The fourth-order valence-electron chi connectivity index (χ4n) is 3.60. The second kappa shape index (κ2) is 9.11. The largest absolute Gasteiger partial charge is 0.456 e. The maximum atomic E-state index is 13.0. The zero-order chi connectivity index (χ0) is 22.8. The second-order valence-corrected chi connectivity index (χ2v) is 9.35. The number of rotatable bonds is 6. The van der Waals surface area contributed by atoms with Gasteiger partial charge in [-0.15, -0.1) is 0 Å². The third-order valence-electron chi connectivity index (χ3n) is 5.98. The lowest BCUT2D eigenvalue weighted by Gasteiger charge is -2.28. The first-order chi connectivity index (χ1) is 14.6. The lowest BCUT2D eigenvalue weighted by atomic mass is 9.85. The Kier molecular flexibility index (Phi) is 6.71. The molecule has 0 aliphatic heterocycles. The molecule has 0 spiro atoms. The summed E-state index contributed by atoms with van der Waals surface area (Å²) in [7, 11) is 1.69. The van der Waals surface area contributed by atoms with Gasteiger partial charge < -0.3 is 14.4 Å². The molecule has 0 saturated heterocycles. The highest BCUT2D eigenvalue weighted by Crippen LogP contribution is 2.27. The lowest BCUT2D eigenvalue weighted by Crippen LogP contribution is -2.38. The van der Waals surface area contributed by atoms with E-state index in [1.54, 1.807) is 13.1 Å². The highest BCUT2D eigenvalue weighted by Gasteiger charge is 2.26. The van der Waals surface area contributed by atoms with Crippen molar-refractivity contribution < 1.29 is 14.3 Å². The molecule has 0 fully saturated rings. The molecule has 1 N–H and O–H groups in total. The molecule has 1 amide bonds. The Morgan fingerprint density at radius 3 is 2.39 bits per heavy atom. The van der Waals surface area contributed by atoms with Crippen LogP contribution in [0, 0.1) is 6.92 Å². The first-order valence-corrected chi connectivity index (χ1v) is 10.8. The normalized spacial score (nSPS) is 13.6. The average Bonchev–Trinajstić information content (AvgIpc) is 3.21. The predicted molar refractivity (Wildman–Crippen MR) is 124 cm³/mol. The minimum absolute atomic E-state index is 0.0746. The van der Waals surface area contributed by atoms with Crippen molar-refractivity contribution >= 4 is 5.91 Å². The van der Waals surface area contributed by atoms with Crippen molar-refractivity contribution in [2.24, 2.45) is 0 Å². The molecule has 2 atom stereocenters. The summed E-state index contributed by atoms with van der Waals surface area (Å²) < 4.78 is 5.91. The first kappa shape index (κ1) is 22.8. The number of nitrogens with zero attached hydrogens (tertiary/aromatic N) is 1. The number of benzene rings is 2. The van der Waals surface area contributed by atoms with E-state index in [9.17, 15) is 9.90 Å². The molecule has 1 aromatic heterocycles. The standard InChI is InChI=1S/C27H33NO3/c1-18-12-13-22(27(3,4)5)16-21(18)17-23-14-15-24(31-23)26(30)28(6)19(2)25(29)20-10-8-7-9-11-20/h7-16,19,25,29H,17H2,1-6H3/t19-,25-/m0/s1. The topological polar surface area (TPSA) is 53.7 Å². The van der Waals surface area contributed by atoms with Gasteiger partial charge in [0.1, 0.15) is 5.76 Å². The number of likely N-dealkylation sites (N-methyl/N-ethyl adjacent to an activating group) is 1. The summed E-state index contributed by atoms with van der Waals surface area (Å²) in [5, 5.41) is 10.7. The summed E-state index contributed by atoms with van der Waals surface area (Å²) >= 11 is 0. The fourth-order valence-corrected chi connectivity index (χ4v) is 3.60. The lowest BCUT2D eigenvalue weighted by molar-refractivity contribution is 0.0460. The van der Waals surface area contributed by atoms with Gasteiger partial charge in [0.05, 0.1) is 12.1 Å². The van der Waals surface area contributed by atoms with Gasteiger partial charge in [-0.1, -0.05) is 69.3 Å². The summed E-state index contributed by atoms with van der Waals surface area (Å²) in [6.07, 6.45) is -0.137. The van der Waals surface area contributed by atoms with Crippen molar-refractivity contribution in [3.05, 3.63) is 94.4 Å². The number of carbonyl (C=O) groups is 1. The summed E-state index contributed by atoms with van der Waals surface area (Å²) in [4.78, 5) is 14.5. The van der Waals surface area contributed by atoms with Crippen LogP contribution < -0.4 is 0 Å². The smallest absolute Gasteiger partial charge is 0.289 e. The molecule has 3 rings (SSSR count). The fraction of sp³-hybridized carbons (Fsp3) is 0.370. The van der Waals surface area contributed by atoms with Gasteiger partial charge in [-0.05, 0) is 53.6 Å². The van der Waals surface area contributed by atoms with Crippen molar-refractivity contribution in [1.29, 1.82) is 0 Å². The Bertz CT molecular complexity index is 1030. The van der Waals surface area contributed by atoms with Crippen LogP contribution in [-0.2, 0) is 11.8 Å². The van der Waals surface area contributed by atoms with E-state index in [-0.39, 0.29) is 17.1 Å². The van der Waals surface area contributed by atoms with Crippen LogP contribution in [0.2, 0.25) is 0 Å². The van der Waals surface area contributed by atoms with Gasteiger partial charge in [0.2, 0.25) is 0 Å². The van der Waals surface area contributed by atoms with Crippen LogP contribution in [0.5, 0.6) is 0 Å². The first-order valence-electron chi connectivity index (χ1n) is 10.8. The quantitative estimate of drug-likeness (QED) is 0.560. The molecule has 4 heteroatoms. The van der Waals surface area contributed by atoms with E-state index in [0.29, 0.717) is 6.42 Å². The van der Waals surface area contributed by atoms with E-state index in [4.69, 9.17) is 4.42 Å². The summed E-state index contributed by atoms with van der Waals surface area (Å²) in [5.41, 5.74) is 4.53. The molecule has 2 aromatic carbocycles. The molecule has 0 bridgehead atoms. The maximum absolute atomic E-state index is 13.0. The molecule has 164 valence electrons. The van der Waals surface area contributed by atoms with E-state index in [2.05, 4.69) is 45.9 Å². The molecule has 31 heavy (non-hydrogen) atoms. The van der Waals surface area contributed by atoms with Crippen LogP contribution in [0.4, 0.5) is 0 Å². The average molecular weight is 420 g/mol. The Morgan fingerprint density at radius 2 is 1.74 bits per heavy atom. The van der Waals surface area contributed by atoms with E-state index in [0.717, 1.165) is 11.3 Å². The Hall–Kier alpha value is -2.85. The van der Waals surface area contributed by atoms with Gasteiger partial charge >= 0.3 is 0 Å². The SMILES string of the molecule is Cc1ccc(C(C)(C)C)cc1Cc1ccc(C(=O)N(C)[C@@H](C)[C@H](O)c2ccccc2)o1. The van der Waals surface area contributed by atoms with Crippen molar-refractivity contribution in [3.8, 4) is 0 Å². The van der Waals surface area contributed by atoms with Gasteiger partial charge in [-0.3, -0.25) is 4.79 Å². The molecular weight excluding hydrogens is 386 g/mol. The Morgan fingerprint density at radius 1 is 1.06 bits per heavy atom. The van der Waals surface area contributed by atoms with Gasteiger partial charge in [0, 0.05) is 13.5 Å². The van der Waals surface area contributed by atoms with Gasteiger partial charge in [-0.25, -0.2) is 0 Å². The molecule has 0 aliphatic rings. The highest BCUT2D eigenvalue weighted by atomic mass is 16.4.